The van der Waals surface area contributed by atoms with E-state index in [9.17, 15) is 14.7 Å². The van der Waals surface area contributed by atoms with Crippen LogP contribution in [0.2, 0.25) is 0 Å². The summed E-state index contributed by atoms with van der Waals surface area (Å²) < 4.78 is 0. The van der Waals surface area contributed by atoms with E-state index in [4.69, 9.17) is 0 Å². The number of rotatable bonds is 2. The van der Waals surface area contributed by atoms with Gasteiger partial charge in [-0.2, -0.15) is 0 Å². The number of amides is 1. The molecule has 3 rings (SSSR count). The second kappa shape index (κ2) is 5.29. The fraction of sp³-hybridized carbons (Fsp3) is 0.267. The zero-order valence-electron chi connectivity index (χ0n) is 11.4. The molecular weight excluding hydrogens is 288 g/mol. The second-order valence-electron chi connectivity index (χ2n) is 5.03. The highest BCUT2D eigenvalue weighted by molar-refractivity contribution is 7.09. The smallest absolute Gasteiger partial charge is 0.312 e. The average Bonchev–Trinajstić information content (AvgIpc) is 2.91. The zero-order chi connectivity index (χ0) is 15.0. The minimum Gasteiger partial charge on any atom is -0.481 e. The molecule has 2 aromatic rings. The third kappa shape index (κ3) is 2.54. The zero-order valence-corrected chi connectivity index (χ0v) is 12.3. The van der Waals surface area contributed by atoms with E-state index < -0.39 is 11.9 Å². The highest BCUT2D eigenvalue weighted by Gasteiger charge is 2.33. The monoisotopic (exact) mass is 302 g/mol. The summed E-state index contributed by atoms with van der Waals surface area (Å²) in [6.07, 6.45) is 0. The maximum absolute atomic E-state index is 12.5. The van der Waals surface area contributed by atoms with E-state index in [-0.39, 0.29) is 12.5 Å². The Balaban J connectivity index is 1.93. The van der Waals surface area contributed by atoms with Crippen molar-refractivity contribution in [2.24, 2.45) is 0 Å². The first-order valence-electron chi connectivity index (χ1n) is 6.58. The van der Waals surface area contributed by atoms with Crippen LogP contribution in [0.3, 0.4) is 0 Å². The van der Waals surface area contributed by atoms with Gasteiger partial charge in [0, 0.05) is 18.5 Å². The second-order valence-corrected chi connectivity index (χ2v) is 6.09. The molecule has 6 heteroatoms. The first kappa shape index (κ1) is 13.8. The van der Waals surface area contributed by atoms with Crippen molar-refractivity contribution in [2.45, 2.75) is 19.4 Å². The van der Waals surface area contributed by atoms with Crippen molar-refractivity contribution in [3.8, 4) is 0 Å². The van der Waals surface area contributed by atoms with Crippen molar-refractivity contribution in [3.63, 3.8) is 0 Å². The minimum atomic E-state index is -0.908. The van der Waals surface area contributed by atoms with Crippen molar-refractivity contribution in [1.29, 1.82) is 0 Å². The number of benzene rings is 1. The Labute approximate surface area is 125 Å². The van der Waals surface area contributed by atoms with Crippen molar-refractivity contribution < 1.29 is 14.7 Å². The van der Waals surface area contributed by atoms with Gasteiger partial charge in [-0.05, 0) is 18.1 Å². The summed E-state index contributed by atoms with van der Waals surface area (Å²) in [5, 5.41) is 11.9. The van der Waals surface area contributed by atoms with Gasteiger partial charge >= 0.3 is 5.97 Å². The fourth-order valence-electron chi connectivity index (χ4n) is 2.60. The third-order valence-electron chi connectivity index (χ3n) is 3.62. The van der Waals surface area contributed by atoms with E-state index in [0.29, 0.717) is 12.2 Å². The van der Waals surface area contributed by atoms with Crippen LogP contribution in [0.5, 0.6) is 0 Å². The van der Waals surface area contributed by atoms with E-state index in [1.54, 1.807) is 10.3 Å². The number of carbonyl (C=O) groups is 2. The quantitative estimate of drug-likeness (QED) is 0.924. The first-order chi connectivity index (χ1) is 10.1. The van der Waals surface area contributed by atoms with Crippen LogP contribution in [-0.2, 0) is 11.3 Å². The van der Waals surface area contributed by atoms with Gasteiger partial charge in [-0.1, -0.05) is 24.3 Å². The maximum Gasteiger partial charge on any atom is 0.312 e. The number of carboxylic acids is 1. The van der Waals surface area contributed by atoms with Gasteiger partial charge in [0.15, 0.2) is 0 Å². The largest absolute Gasteiger partial charge is 0.481 e. The van der Waals surface area contributed by atoms with Crippen LogP contribution in [0.15, 0.2) is 29.6 Å². The summed E-state index contributed by atoms with van der Waals surface area (Å²) in [6.45, 7) is 2.45. The van der Waals surface area contributed by atoms with Crippen molar-refractivity contribution in [1.82, 2.24) is 9.88 Å². The van der Waals surface area contributed by atoms with Gasteiger partial charge in [-0.15, -0.1) is 11.3 Å². The molecule has 0 spiro atoms. The molecular formula is C15H14N2O3S. The Morgan fingerprint density at radius 3 is 2.81 bits per heavy atom. The number of hydrogen-bond acceptors (Lipinski definition) is 4. The molecule has 0 aliphatic carbocycles. The van der Waals surface area contributed by atoms with E-state index in [1.165, 1.54) is 11.3 Å². The van der Waals surface area contributed by atoms with E-state index >= 15 is 0 Å². The lowest BCUT2D eigenvalue weighted by Crippen LogP contribution is -2.40. The summed E-state index contributed by atoms with van der Waals surface area (Å²) >= 11 is 1.41. The number of nitrogens with zero attached hydrogens (tertiary/aromatic N) is 2. The summed E-state index contributed by atoms with van der Waals surface area (Å²) in [7, 11) is 0. The molecule has 108 valence electrons. The van der Waals surface area contributed by atoms with Gasteiger partial charge in [0.05, 0.1) is 10.9 Å². The molecule has 0 saturated carbocycles. The summed E-state index contributed by atoms with van der Waals surface area (Å²) in [5.74, 6) is -1.80. The van der Waals surface area contributed by atoms with Crippen molar-refractivity contribution in [3.05, 3.63) is 51.5 Å². The minimum absolute atomic E-state index is 0.182. The number of aliphatic carboxylic acids is 1. The molecule has 1 aromatic heterocycles. The molecule has 5 nitrogen and oxygen atoms in total. The van der Waals surface area contributed by atoms with Gasteiger partial charge in [0.2, 0.25) is 0 Å². The number of carboxylic acid groups (broad SMARTS) is 1. The van der Waals surface area contributed by atoms with Crippen LogP contribution in [0.1, 0.15) is 32.5 Å². The number of aromatic nitrogens is 1. The standard InChI is InChI=1S/C15H14N2O3S/c1-9-16-13(8-21-9)14(18)17-6-10-4-2-3-5-11(10)12(7-17)15(19)20/h2-5,8,12H,6-7H2,1H3,(H,19,20). The molecule has 1 atom stereocenters. The van der Waals surface area contributed by atoms with E-state index in [0.717, 1.165) is 16.1 Å². The van der Waals surface area contributed by atoms with Crippen molar-refractivity contribution in [2.75, 3.05) is 6.54 Å². The number of fused-ring (bicyclic) bond motifs is 1. The van der Waals surface area contributed by atoms with Crippen LogP contribution in [-0.4, -0.2) is 33.4 Å². The molecule has 1 aliphatic heterocycles. The van der Waals surface area contributed by atoms with Crippen LogP contribution in [0.25, 0.3) is 0 Å². The highest BCUT2D eigenvalue weighted by Crippen LogP contribution is 2.29. The maximum atomic E-state index is 12.5. The van der Waals surface area contributed by atoms with Crippen LogP contribution < -0.4 is 0 Å². The molecule has 0 bridgehead atoms. The Morgan fingerprint density at radius 1 is 1.38 bits per heavy atom. The molecule has 0 saturated heterocycles. The third-order valence-corrected chi connectivity index (χ3v) is 4.39. The highest BCUT2D eigenvalue weighted by atomic mass is 32.1. The number of thiazole rings is 1. The van der Waals surface area contributed by atoms with Crippen molar-refractivity contribution >= 4 is 23.2 Å². The van der Waals surface area contributed by atoms with Gasteiger partial charge in [0.1, 0.15) is 5.69 Å². The van der Waals surface area contributed by atoms with Crippen LogP contribution in [0, 0.1) is 6.92 Å². The molecule has 0 radical (unpaired) electrons. The normalized spacial score (nSPS) is 17.4. The SMILES string of the molecule is Cc1nc(C(=O)N2Cc3ccccc3C(C(=O)O)C2)cs1. The molecule has 1 aromatic carbocycles. The van der Waals surface area contributed by atoms with Gasteiger partial charge in [-0.25, -0.2) is 4.98 Å². The predicted octanol–water partition coefficient (Wildman–Crippen LogP) is 2.28. The fourth-order valence-corrected chi connectivity index (χ4v) is 3.18. The van der Waals surface area contributed by atoms with Crippen LogP contribution >= 0.6 is 11.3 Å². The van der Waals surface area contributed by atoms with Crippen LogP contribution in [0.4, 0.5) is 0 Å². The topological polar surface area (TPSA) is 70.5 Å². The number of carbonyl (C=O) groups excluding carboxylic acids is 1. The van der Waals surface area contributed by atoms with Gasteiger partial charge in [0.25, 0.3) is 5.91 Å². The molecule has 1 unspecified atom stereocenters. The summed E-state index contributed by atoms with van der Waals surface area (Å²) in [4.78, 5) is 29.7. The molecule has 1 aliphatic rings. The Hall–Kier alpha value is -2.21. The lowest BCUT2D eigenvalue weighted by Gasteiger charge is -2.32. The Bertz CT molecular complexity index is 710. The van der Waals surface area contributed by atoms with E-state index in [2.05, 4.69) is 4.98 Å². The predicted molar refractivity (Wildman–Crippen MR) is 78.4 cm³/mol. The average molecular weight is 302 g/mol. The molecule has 1 amide bonds. The molecule has 21 heavy (non-hydrogen) atoms. The summed E-state index contributed by atoms with van der Waals surface area (Å²) in [5.41, 5.74) is 2.07. The van der Waals surface area contributed by atoms with E-state index in [1.807, 2.05) is 31.2 Å². The molecule has 2 heterocycles. The Kier molecular flexibility index (Phi) is 3.47. The van der Waals surface area contributed by atoms with Gasteiger partial charge < -0.3 is 10.0 Å². The molecule has 1 N–H and O–H groups in total. The molecule has 0 fully saturated rings. The first-order valence-corrected chi connectivity index (χ1v) is 7.46. The lowest BCUT2D eigenvalue weighted by molar-refractivity contribution is -0.139. The number of hydrogen-bond donors (Lipinski definition) is 1. The summed E-state index contributed by atoms with van der Waals surface area (Å²) in [6, 6.07) is 7.38. The number of aryl methyl sites for hydroxylation is 1. The van der Waals surface area contributed by atoms with Gasteiger partial charge in [-0.3, -0.25) is 9.59 Å². The Morgan fingerprint density at radius 2 is 2.14 bits per heavy atom. The lowest BCUT2D eigenvalue weighted by atomic mass is 9.89.